The van der Waals surface area contributed by atoms with E-state index in [1.54, 1.807) is 6.08 Å². The lowest BCUT2D eigenvalue weighted by atomic mass is 10.0. The molecule has 0 fully saturated rings. The number of hydrogen-bond acceptors (Lipinski definition) is 3. The quantitative estimate of drug-likeness (QED) is 0.0421. The van der Waals surface area contributed by atoms with Crippen molar-refractivity contribution in [3.05, 3.63) is 24.3 Å². The average molecular weight is 873 g/mol. The lowest BCUT2D eigenvalue weighted by molar-refractivity contribution is -0.123. The molecule has 3 N–H and O–H groups in total. The summed E-state index contributed by atoms with van der Waals surface area (Å²) in [6.07, 6.45) is 72.1. The monoisotopic (exact) mass is 872 g/mol. The van der Waals surface area contributed by atoms with E-state index in [0.717, 1.165) is 32.1 Å². The van der Waals surface area contributed by atoms with Gasteiger partial charge in [-0.15, -0.1) is 0 Å². The van der Waals surface area contributed by atoms with E-state index in [0.29, 0.717) is 6.42 Å². The van der Waals surface area contributed by atoms with E-state index in [9.17, 15) is 15.0 Å². The van der Waals surface area contributed by atoms with Crippen LogP contribution in [0.1, 0.15) is 322 Å². The largest absolute Gasteiger partial charge is 0.394 e. The summed E-state index contributed by atoms with van der Waals surface area (Å²) < 4.78 is 0. The second-order valence-electron chi connectivity index (χ2n) is 19.7. The van der Waals surface area contributed by atoms with Crippen LogP contribution in [0.15, 0.2) is 24.3 Å². The molecule has 62 heavy (non-hydrogen) atoms. The van der Waals surface area contributed by atoms with Crippen LogP contribution in [-0.4, -0.2) is 34.9 Å². The molecule has 0 heterocycles. The zero-order valence-corrected chi connectivity index (χ0v) is 42.4. The Bertz CT molecular complexity index is 901. The van der Waals surface area contributed by atoms with Crippen LogP contribution < -0.4 is 5.32 Å². The third-order valence-electron chi connectivity index (χ3n) is 13.4. The predicted molar refractivity (Wildman–Crippen MR) is 276 cm³/mol. The summed E-state index contributed by atoms with van der Waals surface area (Å²) in [4.78, 5) is 12.5. The first kappa shape index (κ1) is 60.9. The third kappa shape index (κ3) is 49.9. The number of allylic oxidation sites excluding steroid dienone is 3. The zero-order chi connectivity index (χ0) is 44.9. The van der Waals surface area contributed by atoms with Gasteiger partial charge in [0.15, 0.2) is 0 Å². The molecule has 0 spiro atoms. The van der Waals surface area contributed by atoms with Gasteiger partial charge in [-0.3, -0.25) is 4.79 Å². The van der Waals surface area contributed by atoms with E-state index in [-0.39, 0.29) is 12.5 Å². The summed E-state index contributed by atoms with van der Waals surface area (Å²) in [5.74, 6) is -0.0665. The first-order valence-electron chi connectivity index (χ1n) is 28.6. The first-order chi connectivity index (χ1) is 30.7. The molecule has 0 aromatic carbocycles. The lowest BCUT2D eigenvalue weighted by Gasteiger charge is -2.19. The van der Waals surface area contributed by atoms with Crippen LogP contribution in [0.3, 0.4) is 0 Å². The van der Waals surface area contributed by atoms with E-state index in [2.05, 4.69) is 31.3 Å². The molecule has 4 heteroatoms. The maximum atomic E-state index is 12.5. The van der Waals surface area contributed by atoms with Crippen molar-refractivity contribution in [1.82, 2.24) is 5.32 Å². The molecule has 0 aliphatic carbocycles. The number of nitrogens with one attached hydrogen (secondary N) is 1. The highest BCUT2D eigenvalue weighted by Gasteiger charge is 2.18. The second-order valence-corrected chi connectivity index (χ2v) is 19.7. The van der Waals surface area contributed by atoms with Crippen LogP contribution in [0.2, 0.25) is 0 Å². The van der Waals surface area contributed by atoms with Crippen molar-refractivity contribution in [2.75, 3.05) is 6.61 Å². The Kier molecular flexibility index (Phi) is 53.2. The lowest BCUT2D eigenvalue weighted by Crippen LogP contribution is -2.45. The zero-order valence-electron chi connectivity index (χ0n) is 42.4. The Morgan fingerprint density at radius 2 is 0.629 bits per heavy atom. The maximum Gasteiger partial charge on any atom is 0.220 e. The Balaban J connectivity index is 3.46. The Morgan fingerprint density at radius 3 is 0.935 bits per heavy atom. The molecule has 0 aromatic rings. The van der Waals surface area contributed by atoms with Gasteiger partial charge < -0.3 is 15.5 Å². The molecule has 0 saturated heterocycles. The van der Waals surface area contributed by atoms with Crippen molar-refractivity contribution >= 4 is 5.91 Å². The Hall–Kier alpha value is -1.13. The van der Waals surface area contributed by atoms with E-state index >= 15 is 0 Å². The topological polar surface area (TPSA) is 69.6 Å². The van der Waals surface area contributed by atoms with E-state index in [4.69, 9.17) is 0 Å². The van der Waals surface area contributed by atoms with Gasteiger partial charge in [-0.25, -0.2) is 0 Å². The minimum atomic E-state index is -0.859. The molecular weight excluding hydrogens is 759 g/mol. The van der Waals surface area contributed by atoms with Gasteiger partial charge in [-0.05, 0) is 32.1 Å². The summed E-state index contributed by atoms with van der Waals surface area (Å²) in [7, 11) is 0. The standard InChI is InChI=1S/C58H113NO3/c1-3-5-7-9-11-13-15-17-19-21-23-25-26-27-28-29-30-31-32-33-34-36-38-40-42-44-46-48-50-52-54-58(62)59-56(55-60)57(61)53-51-49-47-45-43-41-39-37-35-24-22-20-18-16-14-12-10-8-6-4-2/h43,45,51,53,56-57,60-61H,3-42,44,46-50,52,54-55H2,1-2H3,(H,59,62)/b45-43+,53-51+. The van der Waals surface area contributed by atoms with Crippen LogP contribution in [0, 0.1) is 0 Å². The van der Waals surface area contributed by atoms with E-state index < -0.39 is 12.1 Å². The second kappa shape index (κ2) is 54.2. The van der Waals surface area contributed by atoms with Crippen molar-refractivity contribution in [3.8, 4) is 0 Å². The van der Waals surface area contributed by atoms with Crippen molar-refractivity contribution in [1.29, 1.82) is 0 Å². The molecule has 0 aromatic heterocycles. The molecule has 368 valence electrons. The SMILES string of the molecule is CCCCCCCCCCCCCCCC/C=C/CC/C=C/C(O)C(CO)NC(=O)CCCCCCCCCCCCCCCCCCCCCCCCCCCCCCCC. The van der Waals surface area contributed by atoms with Crippen molar-refractivity contribution < 1.29 is 15.0 Å². The molecular formula is C58H113NO3. The fourth-order valence-electron chi connectivity index (χ4n) is 9.08. The van der Waals surface area contributed by atoms with Gasteiger partial charge in [-0.1, -0.05) is 308 Å². The smallest absolute Gasteiger partial charge is 0.220 e. The van der Waals surface area contributed by atoms with E-state index in [1.807, 2.05) is 6.08 Å². The highest BCUT2D eigenvalue weighted by molar-refractivity contribution is 5.76. The van der Waals surface area contributed by atoms with Gasteiger partial charge in [0.25, 0.3) is 0 Å². The van der Waals surface area contributed by atoms with Gasteiger partial charge in [-0.2, -0.15) is 0 Å². The van der Waals surface area contributed by atoms with E-state index in [1.165, 1.54) is 270 Å². The van der Waals surface area contributed by atoms with Gasteiger partial charge in [0.1, 0.15) is 0 Å². The van der Waals surface area contributed by atoms with Crippen LogP contribution in [0.25, 0.3) is 0 Å². The maximum absolute atomic E-state index is 12.5. The normalized spacial score (nSPS) is 12.9. The number of amides is 1. The van der Waals surface area contributed by atoms with Gasteiger partial charge in [0.05, 0.1) is 18.8 Å². The van der Waals surface area contributed by atoms with Gasteiger partial charge in [0, 0.05) is 6.42 Å². The van der Waals surface area contributed by atoms with Crippen molar-refractivity contribution in [2.45, 2.75) is 334 Å². The Morgan fingerprint density at radius 1 is 0.371 bits per heavy atom. The molecule has 4 nitrogen and oxygen atoms in total. The number of aliphatic hydroxyl groups is 2. The number of carbonyl (C=O) groups is 1. The van der Waals surface area contributed by atoms with Crippen molar-refractivity contribution in [3.63, 3.8) is 0 Å². The highest BCUT2D eigenvalue weighted by Crippen LogP contribution is 2.18. The molecule has 0 aliphatic heterocycles. The minimum absolute atomic E-state index is 0.0665. The third-order valence-corrected chi connectivity index (χ3v) is 13.4. The summed E-state index contributed by atoms with van der Waals surface area (Å²) in [5.41, 5.74) is 0. The minimum Gasteiger partial charge on any atom is -0.394 e. The summed E-state index contributed by atoms with van der Waals surface area (Å²) >= 11 is 0. The van der Waals surface area contributed by atoms with Crippen LogP contribution in [-0.2, 0) is 4.79 Å². The number of aliphatic hydroxyl groups excluding tert-OH is 2. The molecule has 2 atom stereocenters. The fourth-order valence-corrected chi connectivity index (χ4v) is 9.08. The van der Waals surface area contributed by atoms with Gasteiger partial charge in [0.2, 0.25) is 5.91 Å². The molecule has 0 rings (SSSR count). The molecule has 0 radical (unpaired) electrons. The fraction of sp³-hybridized carbons (Fsp3) is 0.914. The summed E-state index contributed by atoms with van der Waals surface area (Å²) in [5, 5.41) is 23.1. The Labute approximate surface area is 389 Å². The highest BCUT2D eigenvalue weighted by atomic mass is 16.3. The van der Waals surface area contributed by atoms with Crippen molar-refractivity contribution in [2.24, 2.45) is 0 Å². The van der Waals surface area contributed by atoms with Crippen LogP contribution in [0.5, 0.6) is 0 Å². The number of hydrogen-bond donors (Lipinski definition) is 3. The molecule has 1 amide bonds. The van der Waals surface area contributed by atoms with Crippen LogP contribution >= 0.6 is 0 Å². The average Bonchev–Trinajstić information content (AvgIpc) is 3.28. The predicted octanol–water partition coefficient (Wildman–Crippen LogP) is 18.7. The molecule has 2 unspecified atom stereocenters. The first-order valence-corrected chi connectivity index (χ1v) is 28.6. The van der Waals surface area contributed by atoms with Crippen LogP contribution in [0.4, 0.5) is 0 Å². The number of unbranched alkanes of at least 4 members (excludes halogenated alkanes) is 44. The summed E-state index contributed by atoms with van der Waals surface area (Å²) in [6, 6.07) is -0.636. The number of carbonyl (C=O) groups excluding carboxylic acids is 1. The summed E-state index contributed by atoms with van der Waals surface area (Å²) in [6.45, 7) is 4.34. The molecule has 0 bridgehead atoms. The molecule has 0 aliphatic rings. The van der Waals surface area contributed by atoms with Gasteiger partial charge >= 0.3 is 0 Å². The number of rotatable bonds is 53. The molecule has 0 saturated carbocycles.